The highest BCUT2D eigenvalue weighted by molar-refractivity contribution is 7.98. The summed E-state index contributed by atoms with van der Waals surface area (Å²) in [6.07, 6.45) is 1.96. The monoisotopic (exact) mass is 272 g/mol. The number of thioether (sulfide) groups is 1. The van der Waals surface area contributed by atoms with Gasteiger partial charge in [0.1, 0.15) is 0 Å². The molecule has 2 atom stereocenters. The number of amides is 1. The molecular weight excluding hydrogens is 256 g/mol. The number of halogens is 1. The SMILES string of the molecule is CSc1ccc(NC(=O)C(C)C(C)N)cc1Cl. The van der Waals surface area contributed by atoms with Crippen molar-refractivity contribution < 1.29 is 4.79 Å². The highest BCUT2D eigenvalue weighted by Gasteiger charge is 2.17. The van der Waals surface area contributed by atoms with Crippen LogP contribution in [0.5, 0.6) is 0 Å². The van der Waals surface area contributed by atoms with Crippen LogP contribution in [0, 0.1) is 5.92 Å². The van der Waals surface area contributed by atoms with Crippen LogP contribution in [-0.2, 0) is 4.79 Å². The maximum Gasteiger partial charge on any atom is 0.228 e. The fourth-order valence-electron chi connectivity index (χ4n) is 1.24. The van der Waals surface area contributed by atoms with Gasteiger partial charge < -0.3 is 11.1 Å². The number of anilines is 1. The number of benzene rings is 1. The average molecular weight is 273 g/mol. The molecule has 3 N–H and O–H groups in total. The topological polar surface area (TPSA) is 55.1 Å². The summed E-state index contributed by atoms with van der Waals surface area (Å²) in [6, 6.07) is 5.30. The van der Waals surface area contributed by atoms with Gasteiger partial charge in [0, 0.05) is 16.6 Å². The van der Waals surface area contributed by atoms with Gasteiger partial charge >= 0.3 is 0 Å². The van der Waals surface area contributed by atoms with E-state index >= 15 is 0 Å². The molecule has 0 aliphatic rings. The minimum atomic E-state index is -0.228. The van der Waals surface area contributed by atoms with Crippen LogP contribution in [0.15, 0.2) is 23.1 Å². The number of carbonyl (C=O) groups is 1. The number of nitrogens with one attached hydrogen (secondary N) is 1. The second kappa shape index (κ2) is 6.28. The van der Waals surface area contributed by atoms with E-state index in [0.29, 0.717) is 10.7 Å². The molecule has 1 amide bonds. The molecule has 2 unspecified atom stereocenters. The Labute approximate surface area is 111 Å². The first-order chi connectivity index (χ1) is 7.95. The molecule has 0 spiro atoms. The van der Waals surface area contributed by atoms with Crippen molar-refractivity contribution in [1.82, 2.24) is 0 Å². The Balaban J connectivity index is 2.76. The van der Waals surface area contributed by atoms with Crippen molar-refractivity contribution in [2.45, 2.75) is 24.8 Å². The summed E-state index contributed by atoms with van der Waals surface area (Å²) in [5, 5.41) is 3.44. The highest BCUT2D eigenvalue weighted by atomic mass is 35.5. The fourth-order valence-corrected chi connectivity index (χ4v) is 2.11. The van der Waals surface area contributed by atoms with Gasteiger partial charge in [0.05, 0.1) is 10.9 Å². The molecular formula is C12H17ClN2OS. The summed E-state index contributed by atoms with van der Waals surface area (Å²) >= 11 is 7.63. The Morgan fingerprint density at radius 2 is 2.12 bits per heavy atom. The molecule has 0 fully saturated rings. The first kappa shape index (κ1) is 14.4. The van der Waals surface area contributed by atoms with Crippen LogP contribution in [0.25, 0.3) is 0 Å². The molecule has 0 heterocycles. The third kappa shape index (κ3) is 3.91. The van der Waals surface area contributed by atoms with Gasteiger partial charge in [-0.2, -0.15) is 0 Å². The van der Waals surface area contributed by atoms with E-state index in [0.717, 1.165) is 4.90 Å². The molecule has 94 valence electrons. The van der Waals surface area contributed by atoms with Gasteiger partial charge in [0.25, 0.3) is 0 Å². The number of rotatable bonds is 4. The molecule has 17 heavy (non-hydrogen) atoms. The van der Waals surface area contributed by atoms with Gasteiger partial charge in [0.15, 0.2) is 0 Å². The first-order valence-corrected chi connectivity index (χ1v) is 6.96. The minimum Gasteiger partial charge on any atom is -0.327 e. The molecule has 0 saturated carbocycles. The number of nitrogens with two attached hydrogens (primary N) is 1. The second-order valence-electron chi connectivity index (χ2n) is 3.99. The molecule has 1 aromatic carbocycles. The lowest BCUT2D eigenvalue weighted by atomic mass is 10.0. The predicted octanol–water partition coefficient (Wildman–Crippen LogP) is 2.98. The van der Waals surface area contributed by atoms with Crippen molar-refractivity contribution in [2.75, 3.05) is 11.6 Å². The summed E-state index contributed by atoms with van der Waals surface area (Å²) in [6.45, 7) is 3.62. The molecule has 3 nitrogen and oxygen atoms in total. The summed E-state index contributed by atoms with van der Waals surface area (Å²) in [5.41, 5.74) is 6.38. The summed E-state index contributed by atoms with van der Waals surface area (Å²) in [5.74, 6) is -0.318. The van der Waals surface area contributed by atoms with Crippen molar-refractivity contribution in [3.63, 3.8) is 0 Å². The van der Waals surface area contributed by atoms with Crippen LogP contribution in [0.3, 0.4) is 0 Å². The molecule has 0 bridgehead atoms. The Morgan fingerprint density at radius 1 is 1.47 bits per heavy atom. The maximum atomic E-state index is 11.8. The minimum absolute atomic E-state index is 0.0898. The molecule has 0 aromatic heterocycles. The predicted molar refractivity (Wildman–Crippen MR) is 74.7 cm³/mol. The summed E-state index contributed by atoms with van der Waals surface area (Å²) in [7, 11) is 0. The average Bonchev–Trinajstić information content (AvgIpc) is 2.28. The molecule has 0 aliphatic carbocycles. The van der Waals surface area contributed by atoms with Crippen molar-refractivity contribution in [1.29, 1.82) is 0 Å². The van der Waals surface area contributed by atoms with Crippen LogP contribution in [-0.4, -0.2) is 18.2 Å². The number of carbonyl (C=O) groups excluding carboxylic acids is 1. The van der Waals surface area contributed by atoms with Crippen molar-refractivity contribution in [2.24, 2.45) is 11.7 Å². The van der Waals surface area contributed by atoms with E-state index in [1.54, 1.807) is 24.8 Å². The summed E-state index contributed by atoms with van der Waals surface area (Å²) in [4.78, 5) is 12.8. The van der Waals surface area contributed by atoms with E-state index in [4.69, 9.17) is 17.3 Å². The third-order valence-electron chi connectivity index (χ3n) is 2.62. The van der Waals surface area contributed by atoms with E-state index in [2.05, 4.69) is 5.32 Å². The Hall–Kier alpha value is -0.710. The Bertz CT molecular complexity index is 409. The Morgan fingerprint density at radius 3 is 2.59 bits per heavy atom. The second-order valence-corrected chi connectivity index (χ2v) is 5.24. The lowest BCUT2D eigenvalue weighted by Crippen LogP contribution is -2.34. The van der Waals surface area contributed by atoms with Gasteiger partial charge in [0.2, 0.25) is 5.91 Å². The molecule has 0 saturated heterocycles. The van der Waals surface area contributed by atoms with Crippen LogP contribution in [0.4, 0.5) is 5.69 Å². The zero-order valence-corrected chi connectivity index (χ0v) is 11.7. The molecule has 1 rings (SSSR count). The van der Waals surface area contributed by atoms with E-state index in [1.165, 1.54) is 0 Å². The van der Waals surface area contributed by atoms with E-state index in [9.17, 15) is 4.79 Å². The van der Waals surface area contributed by atoms with Crippen LogP contribution < -0.4 is 11.1 Å². The zero-order valence-electron chi connectivity index (χ0n) is 10.2. The van der Waals surface area contributed by atoms with Crippen molar-refractivity contribution >= 4 is 35.0 Å². The summed E-state index contributed by atoms with van der Waals surface area (Å²) < 4.78 is 0. The van der Waals surface area contributed by atoms with E-state index < -0.39 is 0 Å². The largest absolute Gasteiger partial charge is 0.327 e. The number of hydrogen-bond donors (Lipinski definition) is 2. The van der Waals surface area contributed by atoms with Crippen molar-refractivity contribution in [3.8, 4) is 0 Å². The van der Waals surface area contributed by atoms with Gasteiger partial charge in [-0.3, -0.25) is 4.79 Å². The fraction of sp³-hybridized carbons (Fsp3) is 0.417. The quantitative estimate of drug-likeness (QED) is 0.829. The van der Waals surface area contributed by atoms with Gasteiger partial charge in [-0.15, -0.1) is 11.8 Å². The van der Waals surface area contributed by atoms with Crippen LogP contribution in [0.1, 0.15) is 13.8 Å². The van der Waals surface area contributed by atoms with Crippen LogP contribution in [0.2, 0.25) is 5.02 Å². The van der Waals surface area contributed by atoms with E-state index in [1.807, 2.05) is 25.3 Å². The molecule has 5 heteroatoms. The molecule has 0 radical (unpaired) electrons. The first-order valence-electron chi connectivity index (χ1n) is 5.35. The Kier molecular flexibility index (Phi) is 5.31. The van der Waals surface area contributed by atoms with Gasteiger partial charge in [-0.25, -0.2) is 0 Å². The third-order valence-corrected chi connectivity index (χ3v) is 3.84. The van der Waals surface area contributed by atoms with Gasteiger partial charge in [-0.05, 0) is 31.4 Å². The lowest BCUT2D eigenvalue weighted by molar-refractivity contribution is -0.119. The normalized spacial score (nSPS) is 14.2. The molecule has 1 aromatic rings. The van der Waals surface area contributed by atoms with E-state index in [-0.39, 0.29) is 17.9 Å². The molecule has 0 aliphatic heterocycles. The smallest absolute Gasteiger partial charge is 0.228 e. The standard InChI is InChI=1S/C12H17ClN2OS/c1-7(8(2)14)12(16)15-9-4-5-11(17-3)10(13)6-9/h4-8H,14H2,1-3H3,(H,15,16). The lowest BCUT2D eigenvalue weighted by Gasteiger charge is -2.15. The maximum absolute atomic E-state index is 11.8. The number of hydrogen-bond acceptors (Lipinski definition) is 3. The van der Waals surface area contributed by atoms with Crippen molar-refractivity contribution in [3.05, 3.63) is 23.2 Å². The highest BCUT2D eigenvalue weighted by Crippen LogP contribution is 2.28. The van der Waals surface area contributed by atoms with Crippen LogP contribution >= 0.6 is 23.4 Å². The van der Waals surface area contributed by atoms with Gasteiger partial charge in [-0.1, -0.05) is 18.5 Å². The zero-order chi connectivity index (χ0) is 13.0.